The summed E-state index contributed by atoms with van der Waals surface area (Å²) in [5.74, 6) is 0.998. The predicted octanol–water partition coefficient (Wildman–Crippen LogP) is 3.95. The summed E-state index contributed by atoms with van der Waals surface area (Å²) in [5, 5.41) is 11.2. The van der Waals surface area contributed by atoms with Crippen molar-refractivity contribution in [2.24, 2.45) is 5.92 Å². The van der Waals surface area contributed by atoms with E-state index in [1.807, 2.05) is 12.1 Å². The lowest BCUT2D eigenvalue weighted by molar-refractivity contribution is -0.384. The zero-order valence-electron chi connectivity index (χ0n) is 11.9. The van der Waals surface area contributed by atoms with Crippen LogP contribution in [0.15, 0.2) is 18.2 Å². The van der Waals surface area contributed by atoms with Gasteiger partial charge < -0.3 is 4.90 Å². The maximum absolute atomic E-state index is 11.2. The highest BCUT2D eigenvalue weighted by Gasteiger charge is 2.24. The average Bonchev–Trinajstić information content (AvgIpc) is 2.37. The third kappa shape index (κ3) is 3.06. The van der Waals surface area contributed by atoms with Gasteiger partial charge in [0.15, 0.2) is 0 Å². The van der Waals surface area contributed by atoms with E-state index < -0.39 is 0 Å². The second kappa shape index (κ2) is 5.59. The highest BCUT2D eigenvalue weighted by atomic mass is 16.6. The number of nitro groups is 1. The second-order valence-corrected chi connectivity index (χ2v) is 5.85. The highest BCUT2D eigenvalue weighted by Crippen LogP contribution is 2.34. The molecule has 1 atom stereocenters. The lowest BCUT2D eigenvalue weighted by atomic mass is 9.97. The lowest BCUT2D eigenvalue weighted by Gasteiger charge is -2.32. The van der Waals surface area contributed by atoms with E-state index in [2.05, 4.69) is 25.7 Å². The largest absolute Gasteiger partial charge is 0.366 e. The molecule has 104 valence electrons. The highest BCUT2D eigenvalue weighted by molar-refractivity contribution is 5.65. The van der Waals surface area contributed by atoms with Crippen LogP contribution in [0, 0.1) is 16.0 Å². The first kappa shape index (κ1) is 13.8. The molecule has 0 saturated carbocycles. The monoisotopic (exact) mass is 262 g/mol. The summed E-state index contributed by atoms with van der Waals surface area (Å²) in [6, 6.07) is 5.53. The molecular weight excluding hydrogens is 240 g/mol. The molecule has 1 unspecified atom stereocenters. The molecule has 0 amide bonds. The maximum Gasteiger partial charge on any atom is 0.292 e. The van der Waals surface area contributed by atoms with Crippen LogP contribution in [0.5, 0.6) is 0 Å². The van der Waals surface area contributed by atoms with Crippen LogP contribution in [0.4, 0.5) is 11.4 Å². The Labute approximate surface area is 114 Å². The van der Waals surface area contributed by atoms with Gasteiger partial charge in [-0.05, 0) is 36.3 Å². The van der Waals surface area contributed by atoms with E-state index in [1.165, 1.54) is 12.0 Å². The van der Waals surface area contributed by atoms with Crippen molar-refractivity contribution >= 4 is 11.4 Å². The summed E-state index contributed by atoms with van der Waals surface area (Å²) < 4.78 is 0. The van der Waals surface area contributed by atoms with E-state index in [-0.39, 0.29) is 10.6 Å². The van der Waals surface area contributed by atoms with Crippen LogP contribution >= 0.6 is 0 Å². The van der Waals surface area contributed by atoms with Crippen molar-refractivity contribution in [2.75, 3.05) is 18.0 Å². The molecule has 1 aliphatic heterocycles. The van der Waals surface area contributed by atoms with E-state index in [0.717, 1.165) is 25.2 Å². The number of anilines is 1. The Morgan fingerprint density at radius 3 is 2.74 bits per heavy atom. The summed E-state index contributed by atoms with van der Waals surface area (Å²) in [4.78, 5) is 13.1. The Balaban J connectivity index is 2.39. The molecule has 0 bridgehead atoms. The van der Waals surface area contributed by atoms with Gasteiger partial charge in [0.05, 0.1) is 4.92 Å². The first-order valence-electron chi connectivity index (χ1n) is 7.02. The van der Waals surface area contributed by atoms with Gasteiger partial charge in [-0.2, -0.15) is 0 Å². The lowest BCUT2D eigenvalue weighted by Crippen LogP contribution is -2.34. The zero-order valence-corrected chi connectivity index (χ0v) is 11.9. The summed E-state index contributed by atoms with van der Waals surface area (Å²) in [6.45, 7) is 8.28. The van der Waals surface area contributed by atoms with E-state index >= 15 is 0 Å². The van der Waals surface area contributed by atoms with Crippen LogP contribution in [0.3, 0.4) is 0 Å². The van der Waals surface area contributed by atoms with Crippen LogP contribution in [0.1, 0.15) is 45.1 Å². The van der Waals surface area contributed by atoms with Gasteiger partial charge in [0.2, 0.25) is 0 Å². The third-order valence-corrected chi connectivity index (χ3v) is 3.86. The fourth-order valence-electron chi connectivity index (χ4n) is 2.72. The van der Waals surface area contributed by atoms with Crippen molar-refractivity contribution in [1.29, 1.82) is 0 Å². The molecular formula is C15H22N2O2. The zero-order chi connectivity index (χ0) is 14.0. The topological polar surface area (TPSA) is 46.4 Å². The molecule has 1 heterocycles. The number of nitrogens with zero attached hydrogens (tertiary/aromatic N) is 2. The van der Waals surface area contributed by atoms with E-state index in [4.69, 9.17) is 0 Å². The summed E-state index contributed by atoms with van der Waals surface area (Å²) >= 11 is 0. The molecule has 1 aromatic carbocycles. The summed E-state index contributed by atoms with van der Waals surface area (Å²) in [5.41, 5.74) is 2.19. The first-order valence-corrected chi connectivity index (χ1v) is 7.02. The Bertz CT molecular complexity index is 471. The molecule has 0 spiro atoms. The van der Waals surface area contributed by atoms with Gasteiger partial charge in [-0.25, -0.2) is 0 Å². The minimum Gasteiger partial charge on any atom is -0.366 e. The van der Waals surface area contributed by atoms with E-state index in [9.17, 15) is 10.1 Å². The van der Waals surface area contributed by atoms with E-state index in [0.29, 0.717) is 11.8 Å². The smallest absolute Gasteiger partial charge is 0.292 e. The van der Waals surface area contributed by atoms with Crippen molar-refractivity contribution in [2.45, 2.75) is 39.5 Å². The first-order chi connectivity index (χ1) is 8.99. The van der Waals surface area contributed by atoms with Gasteiger partial charge in [-0.3, -0.25) is 10.1 Å². The van der Waals surface area contributed by atoms with Crippen LogP contribution < -0.4 is 4.90 Å². The molecule has 4 nitrogen and oxygen atoms in total. The average molecular weight is 262 g/mol. The molecule has 0 aliphatic carbocycles. The van der Waals surface area contributed by atoms with Crippen LogP contribution in [0.2, 0.25) is 0 Å². The van der Waals surface area contributed by atoms with Gasteiger partial charge >= 0.3 is 0 Å². The van der Waals surface area contributed by atoms with Crippen LogP contribution in [0.25, 0.3) is 0 Å². The maximum atomic E-state index is 11.2. The van der Waals surface area contributed by atoms with Crippen molar-refractivity contribution < 1.29 is 4.92 Å². The SMILES string of the molecule is CC1CCCN(c2cc(C(C)C)ccc2[N+](=O)[O-])C1. The molecule has 2 rings (SSSR count). The Kier molecular flexibility index (Phi) is 4.08. The molecule has 0 aromatic heterocycles. The quantitative estimate of drug-likeness (QED) is 0.612. The number of benzene rings is 1. The van der Waals surface area contributed by atoms with E-state index in [1.54, 1.807) is 6.07 Å². The normalized spacial score (nSPS) is 19.8. The van der Waals surface area contributed by atoms with Crippen LogP contribution in [-0.4, -0.2) is 18.0 Å². The Morgan fingerprint density at radius 2 is 2.16 bits per heavy atom. The number of hydrogen-bond donors (Lipinski definition) is 0. The fraction of sp³-hybridized carbons (Fsp3) is 0.600. The molecule has 4 heteroatoms. The van der Waals surface area contributed by atoms with Crippen molar-refractivity contribution in [1.82, 2.24) is 0 Å². The molecule has 1 aromatic rings. The minimum atomic E-state index is -0.265. The molecule has 0 N–H and O–H groups in total. The third-order valence-electron chi connectivity index (χ3n) is 3.86. The van der Waals surface area contributed by atoms with Gasteiger partial charge in [0.1, 0.15) is 5.69 Å². The van der Waals surface area contributed by atoms with Gasteiger partial charge in [-0.15, -0.1) is 0 Å². The molecule has 1 fully saturated rings. The Morgan fingerprint density at radius 1 is 1.42 bits per heavy atom. The molecule has 0 radical (unpaired) electrons. The van der Waals surface area contributed by atoms with Gasteiger partial charge in [0, 0.05) is 19.2 Å². The number of rotatable bonds is 3. The molecule has 1 aliphatic rings. The predicted molar refractivity (Wildman–Crippen MR) is 77.8 cm³/mol. The van der Waals surface area contributed by atoms with Crippen molar-refractivity contribution in [3.8, 4) is 0 Å². The number of piperidine rings is 1. The van der Waals surface area contributed by atoms with Gasteiger partial charge in [-0.1, -0.05) is 26.8 Å². The van der Waals surface area contributed by atoms with Crippen molar-refractivity contribution in [3.63, 3.8) is 0 Å². The molecule has 1 saturated heterocycles. The standard InChI is InChI=1S/C15H22N2O2/c1-11(2)13-6-7-14(17(18)19)15(9-13)16-8-4-5-12(3)10-16/h6-7,9,11-12H,4-5,8,10H2,1-3H3. The summed E-state index contributed by atoms with van der Waals surface area (Å²) in [7, 11) is 0. The molecule has 19 heavy (non-hydrogen) atoms. The second-order valence-electron chi connectivity index (χ2n) is 5.85. The Hall–Kier alpha value is -1.58. The number of hydrogen-bond acceptors (Lipinski definition) is 3. The van der Waals surface area contributed by atoms with Crippen molar-refractivity contribution in [3.05, 3.63) is 33.9 Å². The summed E-state index contributed by atoms with van der Waals surface area (Å²) in [6.07, 6.45) is 2.33. The van der Waals surface area contributed by atoms with Gasteiger partial charge in [0.25, 0.3) is 5.69 Å². The van der Waals surface area contributed by atoms with Crippen LogP contribution in [-0.2, 0) is 0 Å². The number of nitro benzene ring substituents is 1. The fourth-order valence-corrected chi connectivity index (χ4v) is 2.72. The minimum absolute atomic E-state index is 0.235.